The normalized spacial score (nSPS) is 11.3. The highest BCUT2D eigenvalue weighted by Gasteiger charge is 2.20. The first-order valence-corrected chi connectivity index (χ1v) is 10.6. The molecule has 6 heteroatoms. The minimum Gasteiger partial charge on any atom is -0.483 e. The zero-order valence-electron chi connectivity index (χ0n) is 16.4. The Bertz CT molecular complexity index is 978. The lowest BCUT2D eigenvalue weighted by Gasteiger charge is -2.23. The molecule has 0 spiro atoms. The van der Waals surface area contributed by atoms with Gasteiger partial charge < -0.3 is 4.74 Å². The fraction of sp³-hybridized carbons (Fsp3) is 0.273. The molecule has 0 aliphatic carbocycles. The van der Waals surface area contributed by atoms with Crippen LogP contribution < -0.4 is 10.1 Å². The second-order valence-corrected chi connectivity index (χ2v) is 9.64. The van der Waals surface area contributed by atoms with E-state index < -0.39 is 0 Å². The molecule has 3 rings (SSSR count). The summed E-state index contributed by atoms with van der Waals surface area (Å²) in [6, 6.07) is 15.8. The second-order valence-electron chi connectivity index (χ2n) is 7.52. The lowest BCUT2D eigenvalue weighted by molar-refractivity contribution is -0.118. The molecule has 0 saturated heterocycles. The van der Waals surface area contributed by atoms with E-state index in [0.717, 1.165) is 26.2 Å². The van der Waals surface area contributed by atoms with Gasteiger partial charge in [0.25, 0.3) is 5.91 Å². The fourth-order valence-corrected chi connectivity index (χ4v) is 4.04. The Balaban J connectivity index is 1.68. The monoisotopic (exact) mass is 458 g/mol. The number of rotatable bonds is 5. The number of amides is 1. The Hall–Kier alpha value is -2.18. The van der Waals surface area contributed by atoms with Crippen molar-refractivity contribution < 1.29 is 9.53 Å². The molecule has 0 saturated carbocycles. The van der Waals surface area contributed by atoms with Crippen LogP contribution in [0.5, 0.6) is 5.75 Å². The molecule has 28 heavy (non-hydrogen) atoms. The number of carbonyl (C=O) groups is 1. The summed E-state index contributed by atoms with van der Waals surface area (Å²) in [7, 11) is 0. The topological polar surface area (TPSA) is 51.2 Å². The second kappa shape index (κ2) is 8.45. The van der Waals surface area contributed by atoms with Gasteiger partial charge in [-0.15, -0.1) is 11.3 Å². The summed E-state index contributed by atoms with van der Waals surface area (Å²) >= 11 is 4.96. The van der Waals surface area contributed by atoms with Crippen molar-refractivity contribution in [2.75, 3.05) is 11.9 Å². The van der Waals surface area contributed by atoms with Gasteiger partial charge in [0.1, 0.15) is 5.75 Å². The molecule has 1 amide bonds. The zero-order valence-corrected chi connectivity index (χ0v) is 18.8. The molecule has 3 aromatic rings. The van der Waals surface area contributed by atoms with Crippen LogP contribution in [0.25, 0.3) is 11.3 Å². The van der Waals surface area contributed by atoms with Crippen molar-refractivity contribution >= 4 is 38.3 Å². The molecule has 0 unspecified atom stereocenters. The average molecular weight is 459 g/mol. The number of halogens is 1. The molecule has 1 N–H and O–H groups in total. The standard InChI is InChI=1S/C22H23BrN2O2S/c1-14-20(15-8-6-5-7-9-15)25-21(28-14)24-19(26)13-27-18-11-10-16(23)12-17(18)22(2,3)4/h5-12H,13H2,1-4H3,(H,24,25,26). The van der Waals surface area contributed by atoms with E-state index in [4.69, 9.17) is 4.74 Å². The number of ether oxygens (including phenoxy) is 1. The summed E-state index contributed by atoms with van der Waals surface area (Å²) in [5.74, 6) is 0.488. The van der Waals surface area contributed by atoms with Crippen LogP contribution in [0.2, 0.25) is 0 Å². The van der Waals surface area contributed by atoms with Gasteiger partial charge in [-0.1, -0.05) is 67.0 Å². The van der Waals surface area contributed by atoms with Gasteiger partial charge in [0.2, 0.25) is 0 Å². The molecule has 4 nitrogen and oxygen atoms in total. The van der Waals surface area contributed by atoms with Crippen LogP contribution in [-0.2, 0) is 10.2 Å². The Morgan fingerprint density at radius 2 is 1.89 bits per heavy atom. The van der Waals surface area contributed by atoms with Gasteiger partial charge in [0.05, 0.1) is 5.69 Å². The van der Waals surface area contributed by atoms with Crippen molar-refractivity contribution in [3.05, 3.63) is 63.4 Å². The lowest BCUT2D eigenvalue weighted by Crippen LogP contribution is -2.22. The van der Waals surface area contributed by atoms with Crippen LogP contribution >= 0.6 is 27.3 Å². The number of nitrogens with zero attached hydrogens (tertiary/aromatic N) is 1. The molecule has 0 radical (unpaired) electrons. The molecule has 0 fully saturated rings. The molecule has 2 aromatic carbocycles. The van der Waals surface area contributed by atoms with Gasteiger partial charge >= 0.3 is 0 Å². The quantitative estimate of drug-likeness (QED) is 0.495. The predicted octanol–water partition coefficient (Wildman–Crippen LogP) is 6.20. The maximum Gasteiger partial charge on any atom is 0.264 e. The summed E-state index contributed by atoms with van der Waals surface area (Å²) in [5.41, 5.74) is 2.89. The van der Waals surface area contributed by atoms with E-state index >= 15 is 0 Å². The third-order valence-electron chi connectivity index (χ3n) is 4.20. The maximum atomic E-state index is 12.4. The van der Waals surface area contributed by atoms with Crippen LogP contribution in [0.15, 0.2) is 53.0 Å². The van der Waals surface area contributed by atoms with E-state index in [1.54, 1.807) is 0 Å². The van der Waals surface area contributed by atoms with Crippen LogP contribution in [-0.4, -0.2) is 17.5 Å². The Labute approximate surface area is 178 Å². The van der Waals surface area contributed by atoms with Crippen molar-refractivity contribution in [2.24, 2.45) is 0 Å². The van der Waals surface area contributed by atoms with Gasteiger partial charge in [-0.3, -0.25) is 10.1 Å². The minimum absolute atomic E-state index is 0.0655. The third kappa shape index (κ3) is 5.00. The van der Waals surface area contributed by atoms with Crippen molar-refractivity contribution in [3.63, 3.8) is 0 Å². The molecule has 0 bridgehead atoms. The zero-order chi connectivity index (χ0) is 20.3. The van der Waals surface area contributed by atoms with E-state index in [-0.39, 0.29) is 17.9 Å². The molecule has 0 aliphatic heterocycles. The van der Waals surface area contributed by atoms with Gasteiger partial charge in [-0.25, -0.2) is 4.98 Å². The number of aromatic nitrogens is 1. The first-order chi connectivity index (χ1) is 13.2. The van der Waals surface area contributed by atoms with Gasteiger partial charge in [0, 0.05) is 20.5 Å². The highest BCUT2D eigenvalue weighted by molar-refractivity contribution is 9.10. The van der Waals surface area contributed by atoms with Crippen molar-refractivity contribution in [3.8, 4) is 17.0 Å². The Kier molecular flexibility index (Phi) is 6.20. The smallest absolute Gasteiger partial charge is 0.264 e. The maximum absolute atomic E-state index is 12.4. The van der Waals surface area contributed by atoms with Gasteiger partial charge in [-0.05, 0) is 30.5 Å². The summed E-state index contributed by atoms with van der Waals surface area (Å²) < 4.78 is 6.81. The van der Waals surface area contributed by atoms with Crippen LogP contribution in [0.4, 0.5) is 5.13 Å². The van der Waals surface area contributed by atoms with Crippen molar-refractivity contribution in [1.82, 2.24) is 4.98 Å². The number of hydrogen-bond donors (Lipinski definition) is 1. The number of carbonyl (C=O) groups excluding carboxylic acids is 1. The van der Waals surface area contributed by atoms with E-state index in [0.29, 0.717) is 10.9 Å². The largest absolute Gasteiger partial charge is 0.483 e. The van der Waals surface area contributed by atoms with E-state index in [1.165, 1.54) is 11.3 Å². The minimum atomic E-state index is -0.226. The molecule has 1 heterocycles. The summed E-state index contributed by atoms with van der Waals surface area (Å²) in [6.07, 6.45) is 0. The number of hydrogen-bond acceptors (Lipinski definition) is 4. The highest BCUT2D eigenvalue weighted by atomic mass is 79.9. The number of anilines is 1. The van der Waals surface area contributed by atoms with E-state index in [9.17, 15) is 4.79 Å². The summed E-state index contributed by atoms with van der Waals surface area (Å²) in [4.78, 5) is 18.0. The third-order valence-corrected chi connectivity index (χ3v) is 5.58. The van der Waals surface area contributed by atoms with E-state index in [2.05, 4.69) is 47.0 Å². The van der Waals surface area contributed by atoms with Gasteiger partial charge in [-0.2, -0.15) is 0 Å². The van der Waals surface area contributed by atoms with Crippen LogP contribution in [0.3, 0.4) is 0 Å². The molecular formula is C22H23BrN2O2S. The van der Waals surface area contributed by atoms with Crippen molar-refractivity contribution in [1.29, 1.82) is 0 Å². The molecule has 146 valence electrons. The molecule has 0 aliphatic rings. The summed E-state index contributed by atoms with van der Waals surface area (Å²) in [6.45, 7) is 8.29. The first-order valence-electron chi connectivity index (χ1n) is 8.99. The predicted molar refractivity (Wildman–Crippen MR) is 119 cm³/mol. The number of thiazole rings is 1. The Morgan fingerprint density at radius 3 is 2.57 bits per heavy atom. The average Bonchev–Trinajstić information content (AvgIpc) is 3.00. The Morgan fingerprint density at radius 1 is 1.18 bits per heavy atom. The van der Waals surface area contributed by atoms with Crippen LogP contribution in [0, 0.1) is 6.92 Å². The molecule has 1 aromatic heterocycles. The SMILES string of the molecule is Cc1sc(NC(=O)COc2ccc(Br)cc2C(C)(C)C)nc1-c1ccccc1. The molecular weight excluding hydrogens is 436 g/mol. The number of aryl methyl sites for hydroxylation is 1. The van der Waals surface area contributed by atoms with E-state index in [1.807, 2.05) is 55.5 Å². The lowest BCUT2D eigenvalue weighted by atomic mass is 9.86. The van der Waals surface area contributed by atoms with Crippen molar-refractivity contribution in [2.45, 2.75) is 33.1 Å². The fourth-order valence-electron chi connectivity index (χ4n) is 2.83. The number of nitrogens with one attached hydrogen (secondary N) is 1. The van der Waals surface area contributed by atoms with Crippen LogP contribution in [0.1, 0.15) is 31.2 Å². The first kappa shape index (κ1) is 20.6. The molecule has 0 atom stereocenters. The highest BCUT2D eigenvalue weighted by Crippen LogP contribution is 2.34. The van der Waals surface area contributed by atoms with Gasteiger partial charge in [0.15, 0.2) is 11.7 Å². The summed E-state index contributed by atoms with van der Waals surface area (Å²) in [5, 5.41) is 3.43. The number of benzene rings is 2.